The smallest absolute Gasteiger partial charge is 0.272 e. The third-order valence-corrected chi connectivity index (χ3v) is 5.56. The topological polar surface area (TPSA) is 94.2 Å². The van der Waals surface area contributed by atoms with Crippen molar-refractivity contribution in [1.29, 1.82) is 0 Å². The molecule has 1 fully saturated rings. The van der Waals surface area contributed by atoms with Gasteiger partial charge in [0.2, 0.25) is 5.91 Å². The molecule has 4 rings (SSSR count). The number of pyridine rings is 1. The van der Waals surface area contributed by atoms with Crippen molar-refractivity contribution in [2.24, 2.45) is 0 Å². The number of imidazole rings is 1. The second-order valence-corrected chi connectivity index (χ2v) is 7.45. The summed E-state index contributed by atoms with van der Waals surface area (Å²) in [4.78, 5) is 40.6. The van der Waals surface area contributed by atoms with Gasteiger partial charge in [0.15, 0.2) is 0 Å². The fourth-order valence-corrected chi connectivity index (χ4v) is 4.13. The molecule has 4 heterocycles. The van der Waals surface area contributed by atoms with E-state index in [2.05, 4.69) is 20.3 Å². The van der Waals surface area contributed by atoms with Crippen LogP contribution in [-0.2, 0) is 16.8 Å². The lowest BCUT2D eigenvalue weighted by Gasteiger charge is -2.46. The Morgan fingerprint density at radius 1 is 1.22 bits per heavy atom. The quantitative estimate of drug-likeness (QED) is 0.807. The molecule has 0 bridgehead atoms. The van der Waals surface area contributed by atoms with Crippen LogP contribution in [0.25, 0.3) is 0 Å². The predicted molar refractivity (Wildman–Crippen MR) is 99.0 cm³/mol. The lowest BCUT2D eigenvalue weighted by atomic mass is 9.78. The van der Waals surface area contributed by atoms with E-state index in [-0.39, 0.29) is 23.4 Å². The van der Waals surface area contributed by atoms with Gasteiger partial charge in [0.05, 0.1) is 23.6 Å². The van der Waals surface area contributed by atoms with E-state index in [1.54, 1.807) is 43.7 Å². The van der Waals surface area contributed by atoms with Crippen LogP contribution in [0.2, 0.25) is 0 Å². The summed E-state index contributed by atoms with van der Waals surface area (Å²) >= 11 is 0. The van der Waals surface area contributed by atoms with Crippen molar-refractivity contribution in [3.8, 4) is 0 Å². The first-order chi connectivity index (χ1) is 13.0. The highest BCUT2D eigenvalue weighted by atomic mass is 16.2. The average Bonchev–Trinajstić information content (AvgIpc) is 3.18. The van der Waals surface area contributed by atoms with E-state index in [1.165, 1.54) is 0 Å². The van der Waals surface area contributed by atoms with Crippen molar-refractivity contribution in [2.75, 3.05) is 27.2 Å². The molecule has 2 amide bonds. The third-order valence-electron chi connectivity index (χ3n) is 5.56. The maximum absolute atomic E-state index is 12.7. The number of H-pyrrole nitrogens is 1. The molecule has 142 valence electrons. The monoisotopic (exact) mass is 368 g/mol. The van der Waals surface area contributed by atoms with Crippen LogP contribution < -0.4 is 5.32 Å². The zero-order chi connectivity index (χ0) is 19.0. The van der Waals surface area contributed by atoms with Gasteiger partial charge < -0.3 is 14.8 Å². The Morgan fingerprint density at radius 3 is 2.67 bits per heavy atom. The van der Waals surface area contributed by atoms with Crippen LogP contribution in [0, 0.1) is 0 Å². The van der Waals surface area contributed by atoms with Gasteiger partial charge in [0, 0.05) is 45.5 Å². The fraction of sp³-hybridized carbons (Fsp3) is 0.474. The molecule has 1 atom stereocenters. The number of likely N-dealkylation sites (tertiary alicyclic amines) is 1. The number of likely N-dealkylation sites (N-methyl/N-ethyl adjacent to an activating group) is 1. The van der Waals surface area contributed by atoms with Crippen molar-refractivity contribution in [3.63, 3.8) is 0 Å². The summed E-state index contributed by atoms with van der Waals surface area (Å²) in [5.74, 6) is 0.00560. The van der Waals surface area contributed by atoms with Gasteiger partial charge in [-0.15, -0.1) is 0 Å². The predicted octanol–water partition coefficient (Wildman–Crippen LogP) is 0.539. The number of carbonyl (C=O) groups excluding carboxylic acids is 2. The molecule has 2 aromatic rings. The molecule has 0 aliphatic carbocycles. The van der Waals surface area contributed by atoms with Crippen molar-refractivity contribution in [2.45, 2.75) is 30.8 Å². The normalized spacial score (nSPS) is 21.0. The van der Waals surface area contributed by atoms with Gasteiger partial charge in [-0.25, -0.2) is 4.98 Å². The Kier molecular flexibility index (Phi) is 4.43. The highest BCUT2D eigenvalue weighted by Crippen LogP contribution is 2.37. The highest BCUT2D eigenvalue weighted by Gasteiger charge is 2.46. The fourth-order valence-electron chi connectivity index (χ4n) is 4.13. The van der Waals surface area contributed by atoms with Crippen LogP contribution in [0.3, 0.4) is 0 Å². The van der Waals surface area contributed by atoms with Gasteiger partial charge in [-0.3, -0.25) is 19.9 Å². The lowest BCUT2D eigenvalue weighted by Crippen LogP contribution is -2.61. The number of nitrogens with one attached hydrogen (secondary N) is 2. The molecule has 0 unspecified atom stereocenters. The van der Waals surface area contributed by atoms with Gasteiger partial charge >= 0.3 is 0 Å². The van der Waals surface area contributed by atoms with Crippen LogP contribution in [-0.4, -0.2) is 69.8 Å². The third kappa shape index (κ3) is 3.10. The first-order valence-electron chi connectivity index (χ1n) is 9.22. The maximum atomic E-state index is 12.7. The zero-order valence-electron chi connectivity index (χ0n) is 15.6. The molecule has 2 N–H and O–H groups in total. The van der Waals surface area contributed by atoms with E-state index in [9.17, 15) is 9.59 Å². The van der Waals surface area contributed by atoms with Gasteiger partial charge in [-0.1, -0.05) is 6.07 Å². The number of amides is 2. The summed E-state index contributed by atoms with van der Waals surface area (Å²) in [6, 6.07) is 5.07. The maximum Gasteiger partial charge on any atom is 0.272 e. The van der Waals surface area contributed by atoms with Gasteiger partial charge in [0.1, 0.15) is 5.69 Å². The van der Waals surface area contributed by atoms with E-state index >= 15 is 0 Å². The molecule has 27 heavy (non-hydrogen) atoms. The van der Waals surface area contributed by atoms with Gasteiger partial charge in [-0.05, 0) is 25.0 Å². The van der Waals surface area contributed by atoms with E-state index in [0.717, 1.165) is 11.4 Å². The van der Waals surface area contributed by atoms with Gasteiger partial charge in [-0.2, -0.15) is 0 Å². The second-order valence-electron chi connectivity index (χ2n) is 7.45. The van der Waals surface area contributed by atoms with Crippen LogP contribution in [0.4, 0.5) is 0 Å². The minimum Gasteiger partial charge on any atom is -0.348 e. The Balaban J connectivity index is 1.54. The molecule has 2 aromatic heterocycles. The summed E-state index contributed by atoms with van der Waals surface area (Å²) < 4.78 is 0. The molecule has 2 aliphatic rings. The van der Waals surface area contributed by atoms with Crippen molar-refractivity contribution >= 4 is 11.8 Å². The number of piperidine rings is 1. The summed E-state index contributed by atoms with van der Waals surface area (Å²) in [7, 11) is 3.54. The SMILES string of the molecule is CN(C)C(=O)[C@@H]1Cc2[nH]cnc2C2(CCN(C(=O)c3ccccn3)CC2)N1. The van der Waals surface area contributed by atoms with E-state index < -0.39 is 0 Å². The van der Waals surface area contributed by atoms with Crippen molar-refractivity contribution < 1.29 is 9.59 Å². The van der Waals surface area contributed by atoms with Crippen molar-refractivity contribution in [1.82, 2.24) is 30.1 Å². The molecule has 0 radical (unpaired) electrons. The number of aromatic nitrogens is 3. The zero-order valence-corrected chi connectivity index (χ0v) is 15.6. The van der Waals surface area contributed by atoms with E-state index in [1.807, 2.05) is 11.0 Å². The van der Waals surface area contributed by atoms with Crippen LogP contribution in [0.5, 0.6) is 0 Å². The van der Waals surface area contributed by atoms with Gasteiger partial charge in [0.25, 0.3) is 5.91 Å². The standard InChI is InChI=1S/C19H24N6O2/c1-24(2)17(26)15-11-14-16(22-12-21-14)19(23-15)6-9-25(10-7-19)18(27)13-5-3-4-8-20-13/h3-5,8,12,15,23H,6-7,9-11H2,1-2H3,(H,21,22)/t15-/m0/s1. The van der Waals surface area contributed by atoms with Crippen LogP contribution in [0.1, 0.15) is 34.7 Å². The highest BCUT2D eigenvalue weighted by molar-refractivity contribution is 5.92. The summed E-state index contributed by atoms with van der Waals surface area (Å²) in [6.07, 6.45) is 5.35. The molecule has 1 saturated heterocycles. The molecular weight excluding hydrogens is 344 g/mol. The largest absolute Gasteiger partial charge is 0.348 e. The summed E-state index contributed by atoms with van der Waals surface area (Å²) in [5.41, 5.74) is 2.07. The number of fused-ring (bicyclic) bond motifs is 2. The summed E-state index contributed by atoms with van der Waals surface area (Å²) in [6.45, 7) is 1.19. The molecule has 8 nitrogen and oxygen atoms in total. The first kappa shape index (κ1) is 17.7. The minimum absolute atomic E-state index is 0.0515. The second kappa shape index (κ2) is 6.77. The number of aromatic amines is 1. The molecule has 0 aromatic carbocycles. The number of rotatable bonds is 2. The Morgan fingerprint density at radius 2 is 2.00 bits per heavy atom. The molecule has 2 aliphatic heterocycles. The molecule has 8 heteroatoms. The first-order valence-corrected chi connectivity index (χ1v) is 9.22. The Labute approximate surface area is 158 Å². The molecule has 0 saturated carbocycles. The Bertz CT molecular complexity index is 839. The Hall–Kier alpha value is -2.74. The van der Waals surface area contributed by atoms with Crippen molar-refractivity contribution in [3.05, 3.63) is 47.8 Å². The van der Waals surface area contributed by atoms with Crippen LogP contribution in [0.15, 0.2) is 30.7 Å². The van der Waals surface area contributed by atoms with Crippen LogP contribution >= 0.6 is 0 Å². The average molecular weight is 368 g/mol. The van der Waals surface area contributed by atoms with E-state index in [4.69, 9.17) is 0 Å². The molecule has 1 spiro atoms. The lowest BCUT2D eigenvalue weighted by molar-refractivity contribution is -0.132. The minimum atomic E-state index is -0.384. The van der Waals surface area contributed by atoms with E-state index in [0.29, 0.717) is 38.0 Å². The number of nitrogens with zero attached hydrogens (tertiary/aromatic N) is 4. The number of hydrogen-bond acceptors (Lipinski definition) is 5. The molecular formula is C19H24N6O2. The number of hydrogen-bond donors (Lipinski definition) is 2. The summed E-state index contributed by atoms with van der Waals surface area (Å²) in [5, 5.41) is 3.56. The number of carbonyl (C=O) groups is 2.